The summed E-state index contributed by atoms with van der Waals surface area (Å²) in [4.78, 5) is 13.0. The summed E-state index contributed by atoms with van der Waals surface area (Å²) in [5, 5.41) is 11.0. The van der Waals surface area contributed by atoms with Gasteiger partial charge in [-0.25, -0.2) is 0 Å². The zero-order valence-corrected chi connectivity index (χ0v) is 11.6. The number of anilines is 1. The molecular formula is C15H21N3O2. The molecule has 1 saturated carbocycles. The maximum atomic E-state index is 11.0. The van der Waals surface area contributed by atoms with Crippen LogP contribution in [0.25, 0.3) is 0 Å². The van der Waals surface area contributed by atoms with Crippen molar-refractivity contribution in [1.82, 2.24) is 4.90 Å². The molecular weight excluding hydrogens is 254 g/mol. The van der Waals surface area contributed by atoms with Crippen molar-refractivity contribution in [2.24, 2.45) is 5.92 Å². The first kappa shape index (κ1) is 13.4. The zero-order chi connectivity index (χ0) is 14.1. The van der Waals surface area contributed by atoms with Gasteiger partial charge in [0.1, 0.15) is 5.69 Å². The number of benzene rings is 1. The number of nitro benzene ring substituents is 1. The van der Waals surface area contributed by atoms with E-state index in [0.717, 1.165) is 24.6 Å². The van der Waals surface area contributed by atoms with E-state index in [2.05, 4.69) is 4.90 Å². The molecule has 2 fully saturated rings. The molecule has 2 atom stereocenters. The van der Waals surface area contributed by atoms with E-state index in [0.29, 0.717) is 11.7 Å². The van der Waals surface area contributed by atoms with Crippen molar-refractivity contribution < 1.29 is 4.92 Å². The Morgan fingerprint density at radius 2 is 2.10 bits per heavy atom. The Morgan fingerprint density at radius 3 is 2.90 bits per heavy atom. The molecule has 1 aromatic rings. The number of nitro groups is 1. The minimum atomic E-state index is -0.397. The summed E-state index contributed by atoms with van der Waals surface area (Å²) < 4.78 is 0. The predicted octanol–water partition coefficient (Wildman–Crippen LogP) is 2.94. The van der Waals surface area contributed by atoms with Crippen LogP contribution in [0, 0.1) is 16.0 Å². The molecule has 108 valence electrons. The Morgan fingerprint density at radius 1 is 1.30 bits per heavy atom. The number of rotatable bonds is 3. The normalized spacial score (nSPS) is 26.4. The van der Waals surface area contributed by atoms with Crippen molar-refractivity contribution in [3.63, 3.8) is 0 Å². The number of nitrogens with zero attached hydrogens (tertiary/aromatic N) is 2. The molecule has 2 unspecified atom stereocenters. The maximum absolute atomic E-state index is 11.0. The quantitative estimate of drug-likeness (QED) is 0.523. The van der Waals surface area contributed by atoms with Gasteiger partial charge >= 0.3 is 0 Å². The van der Waals surface area contributed by atoms with Crippen molar-refractivity contribution in [1.29, 1.82) is 0 Å². The topological polar surface area (TPSA) is 72.4 Å². The number of para-hydroxylation sites is 1. The van der Waals surface area contributed by atoms with Crippen LogP contribution in [-0.2, 0) is 6.54 Å². The average molecular weight is 275 g/mol. The fourth-order valence-corrected chi connectivity index (χ4v) is 3.81. The number of likely N-dealkylation sites (tertiary alicyclic amines) is 1. The van der Waals surface area contributed by atoms with E-state index in [-0.39, 0.29) is 5.69 Å². The van der Waals surface area contributed by atoms with Crippen LogP contribution in [0.2, 0.25) is 0 Å². The number of fused-ring (bicyclic) bond motifs is 1. The highest BCUT2D eigenvalue weighted by atomic mass is 16.6. The van der Waals surface area contributed by atoms with Crippen LogP contribution >= 0.6 is 0 Å². The van der Waals surface area contributed by atoms with E-state index in [1.807, 2.05) is 6.07 Å². The SMILES string of the molecule is Nc1c(CN2CCC3CCCCC32)cccc1[N+](=O)[O-]. The van der Waals surface area contributed by atoms with Gasteiger partial charge in [0, 0.05) is 18.7 Å². The van der Waals surface area contributed by atoms with Gasteiger partial charge in [0.15, 0.2) is 0 Å². The molecule has 0 amide bonds. The molecule has 1 heterocycles. The van der Waals surface area contributed by atoms with E-state index in [1.165, 1.54) is 38.2 Å². The lowest BCUT2D eigenvalue weighted by atomic mass is 9.85. The van der Waals surface area contributed by atoms with Crippen molar-refractivity contribution >= 4 is 11.4 Å². The lowest BCUT2D eigenvalue weighted by Crippen LogP contribution is -2.34. The molecule has 1 aliphatic carbocycles. The molecule has 5 nitrogen and oxygen atoms in total. The molecule has 2 aliphatic rings. The lowest BCUT2D eigenvalue weighted by Gasteiger charge is -2.31. The molecule has 0 bridgehead atoms. The minimum absolute atomic E-state index is 0.0295. The predicted molar refractivity (Wildman–Crippen MR) is 78.3 cm³/mol. The first-order valence-corrected chi connectivity index (χ1v) is 7.42. The van der Waals surface area contributed by atoms with E-state index in [1.54, 1.807) is 6.07 Å². The van der Waals surface area contributed by atoms with E-state index < -0.39 is 4.92 Å². The number of nitrogen functional groups attached to an aromatic ring is 1. The molecule has 1 aliphatic heterocycles. The second kappa shape index (κ2) is 5.40. The minimum Gasteiger partial charge on any atom is -0.393 e. The van der Waals surface area contributed by atoms with E-state index >= 15 is 0 Å². The highest BCUT2D eigenvalue weighted by Crippen LogP contribution is 2.37. The smallest absolute Gasteiger partial charge is 0.292 e. The monoisotopic (exact) mass is 275 g/mol. The van der Waals surface area contributed by atoms with E-state index in [4.69, 9.17) is 5.73 Å². The Hall–Kier alpha value is -1.62. The Labute approximate surface area is 118 Å². The Bertz CT molecular complexity index is 518. The highest BCUT2D eigenvalue weighted by Gasteiger charge is 2.35. The molecule has 0 aromatic heterocycles. The summed E-state index contributed by atoms with van der Waals surface area (Å²) >= 11 is 0. The summed E-state index contributed by atoms with van der Waals surface area (Å²) in [6, 6.07) is 5.78. The summed E-state index contributed by atoms with van der Waals surface area (Å²) in [5.74, 6) is 0.823. The van der Waals surface area contributed by atoms with Gasteiger partial charge in [0.05, 0.1) is 4.92 Å². The second-order valence-corrected chi connectivity index (χ2v) is 5.98. The van der Waals surface area contributed by atoms with Crippen LogP contribution < -0.4 is 5.73 Å². The summed E-state index contributed by atoms with van der Waals surface area (Å²) in [6.07, 6.45) is 6.53. The van der Waals surface area contributed by atoms with Crippen molar-refractivity contribution in [2.75, 3.05) is 12.3 Å². The van der Waals surface area contributed by atoms with Crippen molar-refractivity contribution in [3.8, 4) is 0 Å². The largest absolute Gasteiger partial charge is 0.393 e. The summed E-state index contributed by atoms with van der Waals surface area (Å²) in [7, 11) is 0. The van der Waals surface area contributed by atoms with Gasteiger partial charge in [0.25, 0.3) is 5.69 Å². The van der Waals surface area contributed by atoms with Gasteiger partial charge in [-0.15, -0.1) is 0 Å². The van der Waals surface area contributed by atoms with Gasteiger partial charge in [-0.05, 0) is 37.3 Å². The lowest BCUT2D eigenvalue weighted by molar-refractivity contribution is -0.384. The van der Waals surface area contributed by atoms with Crippen LogP contribution in [0.3, 0.4) is 0 Å². The molecule has 0 radical (unpaired) electrons. The van der Waals surface area contributed by atoms with Crippen LogP contribution in [-0.4, -0.2) is 22.4 Å². The molecule has 3 rings (SSSR count). The van der Waals surface area contributed by atoms with Gasteiger partial charge in [-0.1, -0.05) is 25.0 Å². The molecule has 1 saturated heterocycles. The van der Waals surface area contributed by atoms with Gasteiger partial charge < -0.3 is 5.73 Å². The highest BCUT2D eigenvalue weighted by molar-refractivity contribution is 5.62. The standard InChI is InChI=1S/C15H21N3O2/c16-15-12(5-3-7-14(15)18(19)20)10-17-9-8-11-4-1-2-6-13(11)17/h3,5,7,11,13H,1-2,4,6,8-10,16H2. The first-order valence-electron chi connectivity index (χ1n) is 7.42. The first-order chi connectivity index (χ1) is 9.66. The fraction of sp³-hybridized carbons (Fsp3) is 0.600. The molecule has 20 heavy (non-hydrogen) atoms. The Balaban J connectivity index is 1.78. The third-order valence-electron chi connectivity index (χ3n) is 4.87. The fourth-order valence-electron chi connectivity index (χ4n) is 3.81. The molecule has 5 heteroatoms. The summed E-state index contributed by atoms with van der Waals surface area (Å²) in [6.45, 7) is 1.84. The summed E-state index contributed by atoms with van der Waals surface area (Å²) in [5.41, 5.74) is 7.22. The Kier molecular flexibility index (Phi) is 3.61. The molecule has 1 aromatic carbocycles. The van der Waals surface area contributed by atoms with Crippen LogP contribution in [0.4, 0.5) is 11.4 Å². The maximum Gasteiger partial charge on any atom is 0.292 e. The molecule has 0 spiro atoms. The second-order valence-electron chi connectivity index (χ2n) is 5.98. The third kappa shape index (κ3) is 2.38. The zero-order valence-electron chi connectivity index (χ0n) is 11.6. The van der Waals surface area contributed by atoms with E-state index in [9.17, 15) is 10.1 Å². The van der Waals surface area contributed by atoms with Crippen molar-refractivity contribution in [3.05, 3.63) is 33.9 Å². The number of hydrogen-bond acceptors (Lipinski definition) is 4. The van der Waals surface area contributed by atoms with Crippen LogP contribution in [0.15, 0.2) is 18.2 Å². The van der Waals surface area contributed by atoms with Crippen LogP contribution in [0.1, 0.15) is 37.7 Å². The van der Waals surface area contributed by atoms with Gasteiger partial charge in [-0.2, -0.15) is 0 Å². The average Bonchev–Trinajstić information content (AvgIpc) is 2.84. The number of hydrogen-bond donors (Lipinski definition) is 1. The third-order valence-corrected chi connectivity index (χ3v) is 4.87. The molecule has 2 N–H and O–H groups in total. The van der Waals surface area contributed by atoms with Gasteiger partial charge in [0.2, 0.25) is 0 Å². The number of nitrogens with two attached hydrogens (primary N) is 1. The van der Waals surface area contributed by atoms with Gasteiger partial charge in [-0.3, -0.25) is 15.0 Å². The van der Waals surface area contributed by atoms with Crippen molar-refractivity contribution in [2.45, 2.75) is 44.7 Å². The van der Waals surface area contributed by atoms with Crippen LogP contribution in [0.5, 0.6) is 0 Å².